The zero-order chi connectivity index (χ0) is 13.2. The second-order valence-corrected chi connectivity index (χ2v) is 7.77. The van der Waals surface area contributed by atoms with E-state index < -0.39 is 0 Å². The van der Waals surface area contributed by atoms with Gasteiger partial charge < -0.3 is 4.90 Å². The first-order valence-electron chi connectivity index (χ1n) is 6.01. The number of fused-ring (bicyclic) bond motifs is 1. The number of hydrogen-bond donors (Lipinski definition) is 0. The lowest BCUT2D eigenvalue weighted by Crippen LogP contribution is -2.39. The van der Waals surface area contributed by atoms with Crippen molar-refractivity contribution in [3.8, 4) is 0 Å². The second-order valence-electron chi connectivity index (χ2n) is 4.34. The maximum Gasteiger partial charge on any atom is 0.236 e. The van der Waals surface area contributed by atoms with Gasteiger partial charge in [-0.25, -0.2) is 0 Å². The Morgan fingerprint density at radius 3 is 3.21 bits per heavy atom. The van der Waals surface area contributed by atoms with Crippen LogP contribution in [0, 0.1) is 0 Å². The van der Waals surface area contributed by atoms with Crippen molar-refractivity contribution < 1.29 is 4.79 Å². The van der Waals surface area contributed by atoms with Crippen molar-refractivity contribution in [3.63, 3.8) is 0 Å². The van der Waals surface area contributed by atoms with E-state index in [1.807, 2.05) is 11.8 Å². The summed E-state index contributed by atoms with van der Waals surface area (Å²) in [4.78, 5) is 15.8. The van der Waals surface area contributed by atoms with Gasteiger partial charge in [0, 0.05) is 18.0 Å². The van der Waals surface area contributed by atoms with Crippen molar-refractivity contribution in [2.75, 3.05) is 6.54 Å². The van der Waals surface area contributed by atoms with Crippen LogP contribution in [0.3, 0.4) is 0 Å². The van der Waals surface area contributed by atoms with Gasteiger partial charge in [0.15, 0.2) is 4.34 Å². The molecule has 1 atom stereocenters. The van der Waals surface area contributed by atoms with E-state index >= 15 is 0 Å². The number of nitrogens with zero attached hydrogens (tertiary/aromatic N) is 3. The van der Waals surface area contributed by atoms with Crippen molar-refractivity contribution in [1.29, 1.82) is 0 Å². The Hall–Kier alpha value is -0.920. The summed E-state index contributed by atoms with van der Waals surface area (Å²) in [5, 5.41) is 9.77. The van der Waals surface area contributed by atoms with E-state index in [1.165, 1.54) is 33.5 Å². The van der Waals surface area contributed by atoms with Crippen LogP contribution in [0.4, 0.5) is 0 Å². The fourth-order valence-corrected chi connectivity index (χ4v) is 4.71. The highest BCUT2D eigenvalue weighted by Crippen LogP contribution is 2.28. The lowest BCUT2D eigenvalue weighted by atomic mass is 10.1. The van der Waals surface area contributed by atoms with Crippen LogP contribution in [0.5, 0.6) is 0 Å². The number of amides is 1. The number of thioether (sulfide) groups is 1. The number of hydrogen-bond acceptors (Lipinski definition) is 6. The third kappa shape index (κ3) is 2.82. The first kappa shape index (κ1) is 13.1. The van der Waals surface area contributed by atoms with Crippen molar-refractivity contribution in [1.82, 2.24) is 15.1 Å². The minimum absolute atomic E-state index is 0.104. The molecule has 0 fully saturated rings. The van der Waals surface area contributed by atoms with E-state index in [0.29, 0.717) is 0 Å². The van der Waals surface area contributed by atoms with E-state index in [0.717, 1.165) is 23.8 Å². The Kier molecular flexibility index (Phi) is 3.86. The summed E-state index contributed by atoms with van der Waals surface area (Å²) in [5.41, 5.74) is 3.00. The SMILES string of the molecule is CC(Sc1nncs1)C(=O)N1CCc2sccc2C1. The van der Waals surface area contributed by atoms with Crippen molar-refractivity contribution >= 4 is 40.3 Å². The largest absolute Gasteiger partial charge is 0.337 e. The quantitative estimate of drug-likeness (QED) is 0.818. The van der Waals surface area contributed by atoms with E-state index in [2.05, 4.69) is 21.6 Å². The smallest absolute Gasteiger partial charge is 0.236 e. The maximum atomic E-state index is 12.4. The molecule has 7 heteroatoms. The lowest BCUT2D eigenvalue weighted by molar-refractivity contribution is -0.131. The standard InChI is InChI=1S/C12H13N3OS3/c1-8(19-12-14-13-7-18-12)11(16)15-4-2-10-9(6-15)3-5-17-10/h3,5,7-8H,2,4,6H2,1H3. The Morgan fingerprint density at radius 2 is 2.42 bits per heavy atom. The molecule has 3 heterocycles. The van der Waals surface area contributed by atoms with Crippen molar-refractivity contribution in [2.45, 2.75) is 29.5 Å². The molecule has 3 rings (SSSR count). The fraction of sp³-hybridized carbons (Fsp3) is 0.417. The van der Waals surface area contributed by atoms with Crippen LogP contribution in [0.2, 0.25) is 0 Å². The summed E-state index contributed by atoms with van der Waals surface area (Å²) < 4.78 is 0.856. The number of carbonyl (C=O) groups excluding carboxylic acids is 1. The Balaban J connectivity index is 1.65. The zero-order valence-electron chi connectivity index (χ0n) is 10.4. The normalized spacial score (nSPS) is 16.2. The summed E-state index contributed by atoms with van der Waals surface area (Å²) in [5.74, 6) is 0.192. The first-order chi connectivity index (χ1) is 9.24. The summed E-state index contributed by atoms with van der Waals surface area (Å²) in [6, 6.07) is 2.13. The lowest BCUT2D eigenvalue weighted by Gasteiger charge is -2.28. The van der Waals surface area contributed by atoms with Crippen LogP contribution >= 0.6 is 34.4 Å². The summed E-state index contributed by atoms with van der Waals surface area (Å²) in [6.45, 7) is 3.52. The zero-order valence-corrected chi connectivity index (χ0v) is 12.9. The number of carbonyl (C=O) groups is 1. The molecule has 2 aromatic rings. The fourth-order valence-electron chi connectivity index (χ4n) is 2.11. The van der Waals surface area contributed by atoms with Gasteiger partial charge in [0.1, 0.15) is 5.51 Å². The molecule has 1 unspecified atom stereocenters. The molecule has 1 amide bonds. The Labute approximate surface area is 123 Å². The highest BCUT2D eigenvalue weighted by molar-refractivity contribution is 8.02. The van der Waals surface area contributed by atoms with Gasteiger partial charge >= 0.3 is 0 Å². The molecule has 0 N–H and O–H groups in total. The van der Waals surface area contributed by atoms with E-state index in [-0.39, 0.29) is 11.2 Å². The maximum absolute atomic E-state index is 12.4. The van der Waals surface area contributed by atoms with Gasteiger partial charge in [0.2, 0.25) is 5.91 Å². The molecule has 0 aliphatic carbocycles. The van der Waals surface area contributed by atoms with Gasteiger partial charge in [-0.05, 0) is 30.4 Å². The molecule has 19 heavy (non-hydrogen) atoms. The predicted molar refractivity (Wildman–Crippen MR) is 78.7 cm³/mol. The first-order valence-corrected chi connectivity index (χ1v) is 8.65. The van der Waals surface area contributed by atoms with Gasteiger partial charge in [0.25, 0.3) is 0 Å². The average molecular weight is 311 g/mol. The third-order valence-electron chi connectivity index (χ3n) is 3.08. The van der Waals surface area contributed by atoms with E-state index in [1.54, 1.807) is 16.8 Å². The number of aromatic nitrogens is 2. The Bertz CT molecular complexity index is 567. The highest BCUT2D eigenvalue weighted by Gasteiger charge is 2.26. The van der Waals surface area contributed by atoms with E-state index in [4.69, 9.17) is 0 Å². The van der Waals surface area contributed by atoms with Crippen LogP contribution in [-0.2, 0) is 17.8 Å². The van der Waals surface area contributed by atoms with Gasteiger partial charge in [0.05, 0.1) is 5.25 Å². The number of thiophene rings is 1. The molecule has 0 aromatic carbocycles. The summed E-state index contributed by atoms with van der Waals surface area (Å²) in [7, 11) is 0. The van der Waals surface area contributed by atoms with Gasteiger partial charge in [-0.3, -0.25) is 4.79 Å². The van der Waals surface area contributed by atoms with Crippen molar-refractivity contribution in [2.24, 2.45) is 0 Å². The molecule has 0 bridgehead atoms. The summed E-state index contributed by atoms with van der Waals surface area (Å²) >= 11 is 4.76. The average Bonchev–Trinajstić information content (AvgIpc) is 3.07. The highest BCUT2D eigenvalue weighted by atomic mass is 32.2. The molecular weight excluding hydrogens is 298 g/mol. The molecule has 0 spiro atoms. The topological polar surface area (TPSA) is 46.1 Å². The number of rotatable bonds is 3. The molecule has 100 valence electrons. The monoisotopic (exact) mass is 311 g/mol. The molecule has 0 saturated carbocycles. The van der Waals surface area contributed by atoms with Gasteiger partial charge in [-0.2, -0.15) is 0 Å². The molecule has 1 aliphatic rings. The Morgan fingerprint density at radius 1 is 1.53 bits per heavy atom. The minimum atomic E-state index is -0.104. The summed E-state index contributed by atoms with van der Waals surface area (Å²) in [6.07, 6.45) is 0.981. The van der Waals surface area contributed by atoms with Crippen LogP contribution in [0.25, 0.3) is 0 Å². The molecule has 0 radical (unpaired) electrons. The third-order valence-corrected chi connectivity index (χ3v) is 6.01. The van der Waals surface area contributed by atoms with Crippen LogP contribution < -0.4 is 0 Å². The molecular formula is C12H13N3OS3. The minimum Gasteiger partial charge on any atom is -0.337 e. The van der Waals surface area contributed by atoms with Gasteiger partial charge in [-0.1, -0.05) is 23.1 Å². The van der Waals surface area contributed by atoms with Gasteiger partial charge in [-0.15, -0.1) is 21.5 Å². The van der Waals surface area contributed by atoms with Crippen LogP contribution in [-0.4, -0.2) is 32.8 Å². The predicted octanol–water partition coefficient (Wildman–Crippen LogP) is 2.67. The van der Waals surface area contributed by atoms with Crippen LogP contribution in [0.15, 0.2) is 21.3 Å². The molecule has 1 aliphatic heterocycles. The molecule has 2 aromatic heterocycles. The molecule has 0 saturated heterocycles. The van der Waals surface area contributed by atoms with Crippen molar-refractivity contribution in [3.05, 3.63) is 27.4 Å². The molecule has 4 nitrogen and oxygen atoms in total. The van der Waals surface area contributed by atoms with E-state index in [9.17, 15) is 4.79 Å². The second kappa shape index (κ2) is 5.60. The van der Waals surface area contributed by atoms with Crippen LogP contribution in [0.1, 0.15) is 17.4 Å².